The molecule has 2 N–H and O–H groups in total. The van der Waals surface area contributed by atoms with Crippen LogP contribution < -0.4 is 10.6 Å². The van der Waals surface area contributed by atoms with Crippen molar-refractivity contribution in [2.45, 2.75) is 45.6 Å². The summed E-state index contributed by atoms with van der Waals surface area (Å²) in [6.45, 7) is 9.10. The average molecular weight is 308 g/mol. The van der Waals surface area contributed by atoms with Gasteiger partial charge < -0.3 is 15.5 Å². The lowest BCUT2D eigenvalue weighted by Crippen LogP contribution is -2.38. The molecule has 0 saturated carbocycles. The molecule has 21 heavy (non-hydrogen) atoms. The normalized spacial score (nSPS) is 21.3. The molecule has 0 spiro atoms. The molecule has 0 unspecified atom stereocenters. The molecule has 0 radical (unpaired) electrons. The summed E-state index contributed by atoms with van der Waals surface area (Å²) in [5.74, 6) is 0.888. The van der Waals surface area contributed by atoms with Crippen molar-refractivity contribution in [1.82, 2.24) is 9.88 Å². The molecule has 2 aliphatic rings. The molecule has 118 valence electrons. The van der Waals surface area contributed by atoms with E-state index in [1.54, 1.807) is 11.3 Å². The Morgan fingerprint density at radius 1 is 1.19 bits per heavy atom. The Morgan fingerprint density at radius 3 is 2.48 bits per heavy atom. The summed E-state index contributed by atoms with van der Waals surface area (Å²) in [4.78, 5) is 11.2. The van der Waals surface area contributed by atoms with Crippen LogP contribution in [0.3, 0.4) is 0 Å². The number of piperidine rings is 1. The van der Waals surface area contributed by atoms with Gasteiger partial charge in [0, 0.05) is 31.1 Å². The maximum absolute atomic E-state index is 5.83. The van der Waals surface area contributed by atoms with Crippen LogP contribution in [-0.2, 0) is 13.0 Å². The van der Waals surface area contributed by atoms with Gasteiger partial charge in [-0.05, 0) is 51.1 Å². The van der Waals surface area contributed by atoms with Crippen molar-refractivity contribution in [1.29, 1.82) is 0 Å². The Hall–Kier alpha value is -0.650. The highest BCUT2D eigenvalue weighted by Gasteiger charge is 2.24. The standard InChI is InChI=1S/C16H28N4S/c1-2-14-15(11-17)21-16(18-14)20-9-5-13(6-10-20)12-19-7-3-4-8-19/h13H,2-12,17H2,1H3. The molecule has 2 saturated heterocycles. The van der Waals surface area contributed by atoms with Crippen LogP contribution in [0.5, 0.6) is 0 Å². The third kappa shape index (κ3) is 3.58. The molecule has 0 aliphatic carbocycles. The molecule has 0 bridgehead atoms. The first-order chi connectivity index (χ1) is 10.3. The van der Waals surface area contributed by atoms with Crippen LogP contribution in [0.1, 0.15) is 43.2 Å². The molecule has 0 aromatic carbocycles. The summed E-state index contributed by atoms with van der Waals surface area (Å²) in [5.41, 5.74) is 7.03. The van der Waals surface area contributed by atoms with Crippen LogP contribution in [0, 0.1) is 5.92 Å². The van der Waals surface area contributed by atoms with Gasteiger partial charge in [0.1, 0.15) is 0 Å². The summed E-state index contributed by atoms with van der Waals surface area (Å²) >= 11 is 1.80. The fourth-order valence-corrected chi connectivity index (χ4v) is 4.66. The van der Waals surface area contributed by atoms with E-state index in [0.717, 1.165) is 12.3 Å². The van der Waals surface area contributed by atoms with Crippen LogP contribution in [0.2, 0.25) is 0 Å². The SMILES string of the molecule is CCc1nc(N2CCC(CN3CCCC3)CC2)sc1CN. The quantitative estimate of drug-likeness (QED) is 0.908. The van der Waals surface area contributed by atoms with Gasteiger partial charge in [0.05, 0.1) is 5.69 Å². The topological polar surface area (TPSA) is 45.4 Å². The Labute approximate surface area is 132 Å². The highest BCUT2D eigenvalue weighted by Crippen LogP contribution is 2.30. The highest BCUT2D eigenvalue weighted by molar-refractivity contribution is 7.15. The van der Waals surface area contributed by atoms with Crippen molar-refractivity contribution in [3.8, 4) is 0 Å². The second kappa shape index (κ2) is 7.07. The number of aryl methyl sites for hydroxylation is 1. The molecular formula is C16H28N4S. The van der Waals surface area contributed by atoms with Crippen LogP contribution in [0.15, 0.2) is 0 Å². The lowest BCUT2D eigenvalue weighted by atomic mass is 9.96. The van der Waals surface area contributed by atoms with E-state index in [-0.39, 0.29) is 0 Å². The van der Waals surface area contributed by atoms with Crippen LogP contribution in [0.25, 0.3) is 0 Å². The Balaban J connectivity index is 1.54. The van der Waals surface area contributed by atoms with Gasteiger partial charge in [-0.1, -0.05) is 6.92 Å². The zero-order chi connectivity index (χ0) is 14.7. The summed E-state index contributed by atoms with van der Waals surface area (Å²) in [6, 6.07) is 0. The van der Waals surface area contributed by atoms with Crippen molar-refractivity contribution in [2.75, 3.05) is 37.6 Å². The predicted molar refractivity (Wildman–Crippen MR) is 90.0 cm³/mol. The molecule has 3 rings (SSSR count). The van der Waals surface area contributed by atoms with Crippen molar-refractivity contribution >= 4 is 16.5 Å². The first-order valence-electron chi connectivity index (χ1n) is 8.46. The first kappa shape index (κ1) is 15.3. The van der Waals surface area contributed by atoms with E-state index in [1.165, 1.54) is 74.1 Å². The molecule has 5 heteroatoms. The number of rotatable bonds is 5. The number of nitrogens with zero attached hydrogens (tertiary/aromatic N) is 3. The fourth-order valence-electron chi connectivity index (χ4n) is 3.58. The molecule has 4 nitrogen and oxygen atoms in total. The molecule has 1 aromatic heterocycles. The number of aromatic nitrogens is 1. The van der Waals surface area contributed by atoms with Gasteiger partial charge in [-0.3, -0.25) is 0 Å². The third-order valence-corrected chi connectivity index (χ3v) is 6.07. The minimum Gasteiger partial charge on any atom is -0.348 e. The first-order valence-corrected chi connectivity index (χ1v) is 9.27. The Bertz CT molecular complexity index is 424. The summed E-state index contributed by atoms with van der Waals surface area (Å²) < 4.78 is 0. The minimum absolute atomic E-state index is 0.631. The lowest BCUT2D eigenvalue weighted by Gasteiger charge is -2.33. The summed E-state index contributed by atoms with van der Waals surface area (Å²) in [6.07, 6.45) is 6.43. The Kier molecular flexibility index (Phi) is 5.14. The van der Waals surface area contributed by atoms with Gasteiger partial charge in [0.15, 0.2) is 5.13 Å². The molecular weight excluding hydrogens is 280 g/mol. The Morgan fingerprint density at radius 2 is 1.90 bits per heavy atom. The zero-order valence-electron chi connectivity index (χ0n) is 13.2. The van der Waals surface area contributed by atoms with Gasteiger partial charge in [-0.25, -0.2) is 4.98 Å². The monoisotopic (exact) mass is 308 g/mol. The predicted octanol–water partition coefficient (Wildman–Crippen LogP) is 2.48. The van der Waals surface area contributed by atoms with Gasteiger partial charge in [0.2, 0.25) is 0 Å². The van der Waals surface area contributed by atoms with Gasteiger partial charge >= 0.3 is 0 Å². The maximum atomic E-state index is 5.83. The van der Waals surface area contributed by atoms with Crippen molar-refractivity contribution in [3.05, 3.63) is 10.6 Å². The summed E-state index contributed by atoms with van der Waals surface area (Å²) in [5, 5.41) is 1.20. The van der Waals surface area contributed by atoms with Crippen molar-refractivity contribution in [2.24, 2.45) is 11.7 Å². The van der Waals surface area contributed by atoms with Crippen LogP contribution in [0.4, 0.5) is 5.13 Å². The van der Waals surface area contributed by atoms with E-state index < -0.39 is 0 Å². The number of nitrogens with two attached hydrogens (primary N) is 1. The summed E-state index contributed by atoms with van der Waals surface area (Å²) in [7, 11) is 0. The van der Waals surface area contributed by atoms with E-state index in [1.807, 2.05) is 0 Å². The van der Waals surface area contributed by atoms with E-state index in [4.69, 9.17) is 10.7 Å². The molecule has 2 aliphatic heterocycles. The molecule has 3 heterocycles. The second-order valence-corrected chi connectivity index (χ2v) is 7.42. The number of anilines is 1. The molecule has 0 atom stereocenters. The number of hydrogen-bond donors (Lipinski definition) is 1. The number of thiazole rings is 1. The third-order valence-electron chi connectivity index (χ3n) is 4.89. The van der Waals surface area contributed by atoms with Crippen molar-refractivity contribution in [3.63, 3.8) is 0 Å². The lowest BCUT2D eigenvalue weighted by molar-refractivity contribution is 0.249. The van der Waals surface area contributed by atoms with E-state index >= 15 is 0 Å². The minimum atomic E-state index is 0.631. The van der Waals surface area contributed by atoms with E-state index in [9.17, 15) is 0 Å². The second-order valence-electron chi connectivity index (χ2n) is 6.36. The largest absolute Gasteiger partial charge is 0.348 e. The number of hydrogen-bond acceptors (Lipinski definition) is 5. The van der Waals surface area contributed by atoms with Crippen LogP contribution in [-0.4, -0.2) is 42.6 Å². The van der Waals surface area contributed by atoms with E-state index in [2.05, 4.69) is 16.7 Å². The molecule has 1 aromatic rings. The molecule has 0 amide bonds. The average Bonchev–Trinajstić information content (AvgIpc) is 3.16. The maximum Gasteiger partial charge on any atom is 0.185 e. The smallest absolute Gasteiger partial charge is 0.185 e. The van der Waals surface area contributed by atoms with Crippen LogP contribution >= 0.6 is 11.3 Å². The van der Waals surface area contributed by atoms with Gasteiger partial charge in [-0.15, -0.1) is 11.3 Å². The number of likely N-dealkylation sites (tertiary alicyclic amines) is 1. The fraction of sp³-hybridized carbons (Fsp3) is 0.812. The van der Waals surface area contributed by atoms with Crippen molar-refractivity contribution < 1.29 is 0 Å². The zero-order valence-corrected chi connectivity index (χ0v) is 14.0. The molecule has 2 fully saturated rings. The van der Waals surface area contributed by atoms with Gasteiger partial charge in [0.25, 0.3) is 0 Å². The van der Waals surface area contributed by atoms with E-state index in [0.29, 0.717) is 6.54 Å². The highest BCUT2D eigenvalue weighted by atomic mass is 32.1. The van der Waals surface area contributed by atoms with Gasteiger partial charge in [-0.2, -0.15) is 0 Å².